The summed E-state index contributed by atoms with van der Waals surface area (Å²) in [5.41, 5.74) is 4.06. The molecule has 0 saturated heterocycles. The van der Waals surface area contributed by atoms with E-state index in [1.54, 1.807) is 14.2 Å². The van der Waals surface area contributed by atoms with Crippen LogP contribution in [0.2, 0.25) is 0 Å². The first kappa shape index (κ1) is 20.6. The summed E-state index contributed by atoms with van der Waals surface area (Å²) in [7, 11) is 3.52. The van der Waals surface area contributed by atoms with Crippen LogP contribution in [0.4, 0.5) is 0 Å². The van der Waals surface area contributed by atoms with Crippen molar-refractivity contribution in [3.05, 3.63) is 22.8 Å². The van der Waals surface area contributed by atoms with Gasteiger partial charge in [0.1, 0.15) is 11.5 Å². The number of hydrogen-bond donors (Lipinski definition) is 0. The summed E-state index contributed by atoms with van der Waals surface area (Å²) in [6.45, 7) is 6.84. The third-order valence-electron chi connectivity index (χ3n) is 7.61. The summed E-state index contributed by atoms with van der Waals surface area (Å²) in [6, 6.07) is 2.04. The molecule has 27 heavy (non-hydrogen) atoms. The van der Waals surface area contributed by atoms with Crippen LogP contribution < -0.4 is 9.47 Å². The maximum atomic E-state index is 5.60. The van der Waals surface area contributed by atoms with E-state index < -0.39 is 0 Å². The molecule has 0 radical (unpaired) electrons. The molecule has 1 aromatic carbocycles. The largest absolute Gasteiger partial charge is 0.496 e. The normalized spacial score (nSPS) is 28.8. The van der Waals surface area contributed by atoms with Crippen LogP contribution in [0.15, 0.2) is 6.07 Å². The molecule has 0 N–H and O–H groups in total. The minimum atomic E-state index is 0.821. The van der Waals surface area contributed by atoms with Crippen LogP contribution in [0, 0.1) is 37.5 Å². The van der Waals surface area contributed by atoms with Crippen molar-refractivity contribution in [2.24, 2.45) is 23.7 Å². The van der Waals surface area contributed by atoms with E-state index in [-0.39, 0.29) is 0 Å². The van der Waals surface area contributed by atoms with Gasteiger partial charge in [-0.25, -0.2) is 0 Å². The van der Waals surface area contributed by atoms with Crippen molar-refractivity contribution in [1.29, 1.82) is 0 Å². The van der Waals surface area contributed by atoms with Crippen molar-refractivity contribution >= 4 is 0 Å². The van der Waals surface area contributed by atoms with E-state index in [4.69, 9.17) is 9.47 Å². The van der Waals surface area contributed by atoms with Gasteiger partial charge in [0, 0.05) is 6.07 Å². The summed E-state index contributed by atoms with van der Waals surface area (Å²) < 4.78 is 11.2. The third kappa shape index (κ3) is 5.00. The first-order valence-electron chi connectivity index (χ1n) is 11.2. The van der Waals surface area contributed by atoms with Crippen LogP contribution in [0.3, 0.4) is 0 Å². The minimum absolute atomic E-state index is 0.821. The molecular formula is C25H40O2. The molecule has 2 aliphatic rings. The van der Waals surface area contributed by atoms with Crippen molar-refractivity contribution in [3.63, 3.8) is 0 Å². The molecule has 2 fully saturated rings. The standard InChI is InChI=1S/C25H40O2/c1-17-6-8-20(9-7-17)14-21-10-12-22(13-11-21)15-23-18(2)24(26-4)16-25(27-5)19(23)3/h16-17,20-22H,6-15H2,1-5H3. The van der Waals surface area contributed by atoms with E-state index in [9.17, 15) is 0 Å². The Kier molecular flexibility index (Phi) is 7.11. The van der Waals surface area contributed by atoms with E-state index >= 15 is 0 Å². The first-order chi connectivity index (χ1) is 13.0. The fourth-order valence-electron chi connectivity index (χ4n) is 5.64. The highest BCUT2D eigenvalue weighted by molar-refractivity contribution is 5.52. The Labute approximate surface area is 167 Å². The lowest BCUT2D eigenvalue weighted by Gasteiger charge is -2.34. The molecule has 1 aromatic rings. The molecule has 0 aromatic heterocycles. The van der Waals surface area contributed by atoms with Crippen molar-refractivity contribution in [3.8, 4) is 11.5 Å². The zero-order chi connectivity index (χ0) is 19.4. The summed E-state index contributed by atoms with van der Waals surface area (Å²) in [5, 5.41) is 0. The molecule has 0 amide bonds. The molecule has 152 valence electrons. The van der Waals surface area contributed by atoms with Crippen LogP contribution >= 0.6 is 0 Å². The number of rotatable bonds is 6. The van der Waals surface area contributed by atoms with Gasteiger partial charge in [0.15, 0.2) is 0 Å². The fourth-order valence-corrected chi connectivity index (χ4v) is 5.64. The average Bonchev–Trinajstić information content (AvgIpc) is 2.68. The Hall–Kier alpha value is -1.18. The lowest BCUT2D eigenvalue weighted by atomic mass is 9.72. The summed E-state index contributed by atoms with van der Waals surface area (Å²) in [4.78, 5) is 0. The van der Waals surface area contributed by atoms with Crippen molar-refractivity contribution in [1.82, 2.24) is 0 Å². The fraction of sp³-hybridized carbons (Fsp3) is 0.760. The Morgan fingerprint density at radius 3 is 1.67 bits per heavy atom. The van der Waals surface area contributed by atoms with E-state index in [0.29, 0.717) is 0 Å². The molecule has 0 aliphatic heterocycles. The van der Waals surface area contributed by atoms with Crippen LogP contribution in [0.1, 0.15) is 81.4 Å². The second kappa shape index (κ2) is 9.34. The quantitative estimate of drug-likeness (QED) is 0.541. The van der Waals surface area contributed by atoms with Crippen molar-refractivity contribution in [2.45, 2.75) is 85.0 Å². The van der Waals surface area contributed by atoms with E-state index in [2.05, 4.69) is 20.8 Å². The van der Waals surface area contributed by atoms with Gasteiger partial charge in [0.05, 0.1) is 14.2 Å². The zero-order valence-corrected chi connectivity index (χ0v) is 18.3. The molecule has 2 nitrogen and oxygen atoms in total. The lowest BCUT2D eigenvalue weighted by Crippen LogP contribution is -2.21. The molecule has 3 rings (SSSR count). The molecule has 0 atom stereocenters. The number of hydrogen-bond acceptors (Lipinski definition) is 2. The molecule has 2 heteroatoms. The van der Waals surface area contributed by atoms with Crippen LogP contribution in [0.5, 0.6) is 11.5 Å². The van der Waals surface area contributed by atoms with Gasteiger partial charge in [-0.05, 0) is 79.9 Å². The van der Waals surface area contributed by atoms with Gasteiger partial charge in [-0.2, -0.15) is 0 Å². The van der Waals surface area contributed by atoms with Crippen molar-refractivity contribution in [2.75, 3.05) is 14.2 Å². The maximum absolute atomic E-state index is 5.60. The van der Waals surface area contributed by atoms with Gasteiger partial charge in [-0.3, -0.25) is 0 Å². The monoisotopic (exact) mass is 372 g/mol. The Bertz CT molecular complexity index is 577. The number of methoxy groups -OCH3 is 2. The molecular weight excluding hydrogens is 332 g/mol. The molecule has 0 heterocycles. The number of ether oxygens (including phenoxy) is 2. The van der Waals surface area contributed by atoms with Crippen LogP contribution in [0.25, 0.3) is 0 Å². The topological polar surface area (TPSA) is 18.5 Å². The second-order valence-electron chi connectivity index (χ2n) is 9.46. The van der Waals surface area contributed by atoms with Gasteiger partial charge < -0.3 is 9.47 Å². The van der Waals surface area contributed by atoms with Crippen LogP contribution in [-0.2, 0) is 6.42 Å². The highest BCUT2D eigenvalue weighted by atomic mass is 16.5. The summed E-state index contributed by atoms with van der Waals surface area (Å²) >= 11 is 0. The molecule has 2 aliphatic carbocycles. The molecule has 0 spiro atoms. The Morgan fingerprint density at radius 1 is 0.741 bits per heavy atom. The summed E-state index contributed by atoms with van der Waals surface area (Å²) in [6.07, 6.45) is 14.3. The van der Waals surface area contributed by atoms with E-state index in [1.807, 2.05) is 6.07 Å². The first-order valence-corrected chi connectivity index (χ1v) is 11.2. The highest BCUT2D eigenvalue weighted by Gasteiger charge is 2.27. The molecule has 0 unspecified atom stereocenters. The van der Waals surface area contributed by atoms with Gasteiger partial charge in [0.25, 0.3) is 0 Å². The zero-order valence-electron chi connectivity index (χ0n) is 18.3. The smallest absolute Gasteiger partial charge is 0.125 e. The number of benzene rings is 1. The Morgan fingerprint density at radius 2 is 1.19 bits per heavy atom. The summed E-state index contributed by atoms with van der Waals surface area (Å²) in [5.74, 6) is 5.74. The van der Waals surface area contributed by atoms with Gasteiger partial charge in [-0.15, -0.1) is 0 Å². The second-order valence-corrected chi connectivity index (χ2v) is 9.46. The SMILES string of the molecule is COc1cc(OC)c(C)c(CC2CCC(CC3CCC(C)CC3)CC2)c1C. The van der Waals surface area contributed by atoms with E-state index in [0.717, 1.165) is 35.2 Å². The third-order valence-corrected chi connectivity index (χ3v) is 7.61. The maximum Gasteiger partial charge on any atom is 0.125 e. The lowest BCUT2D eigenvalue weighted by molar-refractivity contribution is 0.195. The Balaban J connectivity index is 1.56. The van der Waals surface area contributed by atoms with Gasteiger partial charge in [-0.1, -0.05) is 45.4 Å². The predicted molar refractivity (Wildman–Crippen MR) is 114 cm³/mol. The van der Waals surface area contributed by atoms with Gasteiger partial charge in [0.2, 0.25) is 0 Å². The highest BCUT2D eigenvalue weighted by Crippen LogP contribution is 2.41. The van der Waals surface area contributed by atoms with Crippen molar-refractivity contribution < 1.29 is 9.47 Å². The van der Waals surface area contributed by atoms with Gasteiger partial charge >= 0.3 is 0 Å². The predicted octanol–water partition coefficient (Wildman–Crippen LogP) is 6.89. The molecule has 0 bridgehead atoms. The molecule has 2 saturated carbocycles. The minimum Gasteiger partial charge on any atom is -0.496 e. The van der Waals surface area contributed by atoms with Crippen LogP contribution in [-0.4, -0.2) is 14.2 Å². The van der Waals surface area contributed by atoms with E-state index in [1.165, 1.54) is 80.9 Å². The average molecular weight is 373 g/mol.